The molecule has 0 aliphatic carbocycles. The monoisotopic (exact) mass is 188 g/mol. The fourth-order valence-electron chi connectivity index (χ4n) is 1.07. The second kappa shape index (κ2) is 9.48. The lowest BCUT2D eigenvalue weighted by atomic mass is 10.2. The highest BCUT2D eigenvalue weighted by molar-refractivity contribution is 5.66. The van der Waals surface area contributed by atoms with Crippen LogP contribution in [0.3, 0.4) is 0 Å². The van der Waals surface area contributed by atoms with Crippen LogP contribution >= 0.6 is 0 Å². The number of hydrogen-bond donors (Lipinski definition) is 3. The van der Waals surface area contributed by atoms with Gasteiger partial charge in [-0.05, 0) is 25.9 Å². The molecular formula is C9H20N2O2. The lowest BCUT2D eigenvalue weighted by molar-refractivity contribution is -0.136. The summed E-state index contributed by atoms with van der Waals surface area (Å²) in [6.45, 7) is 2.26. The van der Waals surface area contributed by atoms with Crippen molar-refractivity contribution >= 4 is 5.97 Å². The number of aliphatic carboxylic acids is 1. The summed E-state index contributed by atoms with van der Waals surface area (Å²) in [5, 5.41) is 11.4. The molecule has 0 atom stereocenters. The van der Waals surface area contributed by atoms with Crippen LogP contribution in [0.5, 0.6) is 0 Å². The Bertz CT molecular complexity index is 129. The summed E-state index contributed by atoms with van der Waals surface area (Å²) in [7, 11) is 0. The molecule has 0 heterocycles. The second-order valence-corrected chi connectivity index (χ2v) is 3.10. The van der Waals surface area contributed by atoms with Gasteiger partial charge in [-0.3, -0.25) is 4.79 Å². The number of carbonyl (C=O) groups is 1. The molecule has 0 radical (unpaired) electrons. The lowest BCUT2D eigenvalue weighted by Crippen LogP contribution is -2.19. The average molecular weight is 188 g/mol. The number of nitrogens with one attached hydrogen (secondary N) is 1. The van der Waals surface area contributed by atoms with E-state index in [-0.39, 0.29) is 6.42 Å². The fourth-order valence-corrected chi connectivity index (χ4v) is 1.07. The van der Waals surface area contributed by atoms with Crippen LogP contribution in [0.25, 0.3) is 0 Å². The van der Waals surface area contributed by atoms with Crippen LogP contribution in [0.1, 0.15) is 32.1 Å². The zero-order valence-corrected chi connectivity index (χ0v) is 8.09. The summed E-state index contributed by atoms with van der Waals surface area (Å²) in [6, 6.07) is 0. The zero-order valence-electron chi connectivity index (χ0n) is 8.09. The van der Waals surface area contributed by atoms with Crippen LogP contribution < -0.4 is 11.1 Å². The van der Waals surface area contributed by atoms with Gasteiger partial charge in [-0.25, -0.2) is 0 Å². The molecule has 4 heteroatoms. The van der Waals surface area contributed by atoms with E-state index in [4.69, 9.17) is 10.8 Å². The van der Waals surface area contributed by atoms with Crippen LogP contribution in [-0.4, -0.2) is 30.7 Å². The van der Waals surface area contributed by atoms with Gasteiger partial charge >= 0.3 is 5.97 Å². The van der Waals surface area contributed by atoms with Gasteiger partial charge in [0.25, 0.3) is 0 Å². The van der Waals surface area contributed by atoms with E-state index in [9.17, 15) is 4.79 Å². The summed E-state index contributed by atoms with van der Waals surface area (Å²) in [5.41, 5.74) is 5.34. The minimum atomic E-state index is -0.740. The van der Waals surface area contributed by atoms with Gasteiger partial charge in [-0.1, -0.05) is 12.8 Å². The molecule has 4 N–H and O–H groups in total. The molecular weight excluding hydrogens is 168 g/mol. The molecule has 0 aromatic carbocycles. The topological polar surface area (TPSA) is 75.3 Å². The number of unbranched alkanes of at least 4 members (excludes halogenated alkanes) is 3. The summed E-state index contributed by atoms with van der Waals surface area (Å²) < 4.78 is 0. The van der Waals surface area contributed by atoms with E-state index < -0.39 is 5.97 Å². The molecule has 13 heavy (non-hydrogen) atoms. The van der Waals surface area contributed by atoms with E-state index in [0.29, 0.717) is 6.54 Å². The Hall–Kier alpha value is -0.610. The molecule has 0 aliphatic heterocycles. The molecule has 4 nitrogen and oxygen atoms in total. The van der Waals surface area contributed by atoms with Crippen molar-refractivity contribution in [2.24, 2.45) is 5.73 Å². The summed E-state index contributed by atoms with van der Waals surface area (Å²) in [6.07, 6.45) is 4.77. The molecule has 78 valence electrons. The Kier molecular flexibility index (Phi) is 9.03. The maximum Gasteiger partial charge on any atom is 0.304 e. The van der Waals surface area contributed by atoms with Gasteiger partial charge in [0, 0.05) is 6.54 Å². The van der Waals surface area contributed by atoms with Gasteiger partial charge < -0.3 is 16.2 Å². The van der Waals surface area contributed by atoms with Gasteiger partial charge in [-0.15, -0.1) is 0 Å². The Morgan fingerprint density at radius 3 is 2.46 bits per heavy atom. The third-order valence-electron chi connectivity index (χ3n) is 1.82. The molecule has 0 spiro atoms. The highest BCUT2D eigenvalue weighted by atomic mass is 16.4. The molecule has 0 saturated heterocycles. The normalized spacial score (nSPS) is 10.2. The van der Waals surface area contributed by atoms with Crippen molar-refractivity contribution in [2.45, 2.75) is 32.1 Å². The van der Waals surface area contributed by atoms with Crippen LogP contribution in [0.15, 0.2) is 0 Å². The molecule has 0 unspecified atom stereocenters. The molecule has 0 rings (SSSR count). The van der Waals surface area contributed by atoms with Gasteiger partial charge in [0.2, 0.25) is 0 Å². The van der Waals surface area contributed by atoms with Gasteiger partial charge in [0.05, 0.1) is 6.42 Å². The van der Waals surface area contributed by atoms with E-state index >= 15 is 0 Å². The van der Waals surface area contributed by atoms with Crippen molar-refractivity contribution in [3.8, 4) is 0 Å². The quantitative estimate of drug-likeness (QED) is 0.462. The van der Waals surface area contributed by atoms with E-state index in [1.807, 2.05) is 0 Å². The predicted octanol–water partition coefficient (Wildman–Crippen LogP) is 0.570. The SMILES string of the molecule is NCCCCCCNCCC(=O)O. The van der Waals surface area contributed by atoms with Crippen molar-refractivity contribution in [3.05, 3.63) is 0 Å². The number of nitrogens with two attached hydrogens (primary N) is 1. The van der Waals surface area contributed by atoms with Crippen LogP contribution in [-0.2, 0) is 4.79 Å². The zero-order chi connectivity index (χ0) is 9.94. The maximum atomic E-state index is 10.1. The first-order chi connectivity index (χ1) is 6.27. The third-order valence-corrected chi connectivity index (χ3v) is 1.82. The van der Waals surface area contributed by atoms with Crippen molar-refractivity contribution in [2.75, 3.05) is 19.6 Å². The van der Waals surface area contributed by atoms with E-state index in [0.717, 1.165) is 25.9 Å². The summed E-state index contributed by atoms with van der Waals surface area (Å²) >= 11 is 0. The van der Waals surface area contributed by atoms with Gasteiger partial charge in [-0.2, -0.15) is 0 Å². The van der Waals surface area contributed by atoms with E-state index in [1.54, 1.807) is 0 Å². The second-order valence-electron chi connectivity index (χ2n) is 3.10. The average Bonchev–Trinajstić information content (AvgIpc) is 2.09. The first-order valence-electron chi connectivity index (χ1n) is 4.90. The Balaban J connectivity index is 2.87. The minimum Gasteiger partial charge on any atom is -0.481 e. The fraction of sp³-hybridized carbons (Fsp3) is 0.889. The maximum absolute atomic E-state index is 10.1. The summed E-state index contributed by atoms with van der Waals surface area (Å²) in [5.74, 6) is -0.740. The first-order valence-corrected chi connectivity index (χ1v) is 4.90. The van der Waals surface area contributed by atoms with Crippen molar-refractivity contribution in [3.63, 3.8) is 0 Å². The molecule has 0 amide bonds. The molecule has 0 aromatic rings. The highest BCUT2D eigenvalue weighted by Crippen LogP contribution is 1.96. The molecule has 0 bridgehead atoms. The Labute approximate surface area is 79.5 Å². The smallest absolute Gasteiger partial charge is 0.304 e. The Morgan fingerprint density at radius 2 is 1.85 bits per heavy atom. The highest BCUT2D eigenvalue weighted by Gasteiger charge is 1.94. The molecule has 0 fully saturated rings. The minimum absolute atomic E-state index is 0.211. The van der Waals surface area contributed by atoms with Crippen LogP contribution in [0.4, 0.5) is 0 Å². The first kappa shape index (κ1) is 12.4. The lowest BCUT2D eigenvalue weighted by Gasteiger charge is -2.02. The third kappa shape index (κ3) is 11.4. The van der Waals surface area contributed by atoms with E-state index in [2.05, 4.69) is 5.32 Å². The summed E-state index contributed by atoms with van der Waals surface area (Å²) in [4.78, 5) is 10.1. The van der Waals surface area contributed by atoms with Crippen molar-refractivity contribution < 1.29 is 9.90 Å². The number of hydrogen-bond acceptors (Lipinski definition) is 3. The largest absolute Gasteiger partial charge is 0.481 e. The van der Waals surface area contributed by atoms with Gasteiger partial charge in [0.15, 0.2) is 0 Å². The van der Waals surface area contributed by atoms with Crippen LogP contribution in [0.2, 0.25) is 0 Å². The molecule has 0 saturated carbocycles. The molecule has 0 aromatic heterocycles. The Morgan fingerprint density at radius 1 is 1.15 bits per heavy atom. The predicted molar refractivity (Wildman–Crippen MR) is 52.6 cm³/mol. The van der Waals surface area contributed by atoms with Gasteiger partial charge in [0.1, 0.15) is 0 Å². The number of carboxylic acids is 1. The number of carboxylic acid groups (broad SMARTS) is 1. The van der Waals surface area contributed by atoms with Crippen molar-refractivity contribution in [1.29, 1.82) is 0 Å². The standard InChI is InChI=1S/C9H20N2O2/c10-6-3-1-2-4-7-11-8-5-9(12)13/h11H,1-8,10H2,(H,12,13). The number of rotatable bonds is 9. The van der Waals surface area contributed by atoms with Crippen molar-refractivity contribution in [1.82, 2.24) is 5.32 Å². The van der Waals surface area contributed by atoms with Crippen LogP contribution in [0, 0.1) is 0 Å². The van der Waals surface area contributed by atoms with E-state index in [1.165, 1.54) is 12.8 Å². The molecule has 0 aliphatic rings.